The molecule has 2 heteroatoms. The van der Waals surface area contributed by atoms with Crippen molar-refractivity contribution in [3.8, 4) is 5.75 Å². The minimum absolute atomic E-state index is 0.200. The van der Waals surface area contributed by atoms with Crippen molar-refractivity contribution in [2.45, 2.75) is 51.5 Å². The lowest BCUT2D eigenvalue weighted by molar-refractivity contribution is 0.306. The molecule has 1 atom stereocenters. The lowest BCUT2D eigenvalue weighted by Gasteiger charge is -2.27. The fourth-order valence-corrected chi connectivity index (χ4v) is 2.77. The third-order valence-electron chi connectivity index (χ3n) is 3.90. The molecule has 18 heavy (non-hydrogen) atoms. The molecule has 0 aromatic heterocycles. The summed E-state index contributed by atoms with van der Waals surface area (Å²) in [4.78, 5) is 0. The van der Waals surface area contributed by atoms with Crippen molar-refractivity contribution in [2.24, 2.45) is 11.7 Å². The molecule has 0 spiro atoms. The average Bonchev–Trinajstić information content (AvgIpc) is 2.46. The molecular formula is C16H25NO. The Labute approximate surface area is 111 Å². The number of hydrogen-bond donors (Lipinski definition) is 1. The van der Waals surface area contributed by atoms with Gasteiger partial charge in [-0.05, 0) is 42.9 Å². The van der Waals surface area contributed by atoms with E-state index >= 15 is 0 Å². The van der Waals surface area contributed by atoms with Gasteiger partial charge in [-0.3, -0.25) is 0 Å². The second kappa shape index (κ2) is 6.79. The number of nitrogens with two attached hydrogens (primary N) is 1. The van der Waals surface area contributed by atoms with E-state index in [0.29, 0.717) is 5.92 Å². The Kier molecular flexibility index (Phi) is 5.06. The van der Waals surface area contributed by atoms with Crippen LogP contribution in [0.2, 0.25) is 0 Å². The molecule has 1 aliphatic carbocycles. The van der Waals surface area contributed by atoms with Crippen molar-refractivity contribution in [1.82, 2.24) is 0 Å². The second-order valence-electron chi connectivity index (χ2n) is 5.34. The first-order valence-corrected chi connectivity index (χ1v) is 7.29. The minimum Gasteiger partial charge on any atom is -0.494 e. The number of ether oxygens (including phenoxy) is 1. The van der Waals surface area contributed by atoms with Gasteiger partial charge in [-0.1, -0.05) is 38.3 Å². The zero-order valence-corrected chi connectivity index (χ0v) is 11.4. The molecule has 1 aliphatic rings. The van der Waals surface area contributed by atoms with Crippen molar-refractivity contribution < 1.29 is 4.74 Å². The van der Waals surface area contributed by atoms with E-state index in [9.17, 15) is 0 Å². The van der Waals surface area contributed by atoms with E-state index < -0.39 is 0 Å². The van der Waals surface area contributed by atoms with E-state index in [4.69, 9.17) is 10.5 Å². The third kappa shape index (κ3) is 3.49. The van der Waals surface area contributed by atoms with Crippen LogP contribution >= 0.6 is 0 Å². The summed E-state index contributed by atoms with van der Waals surface area (Å²) in [6, 6.07) is 8.56. The fourth-order valence-electron chi connectivity index (χ4n) is 2.77. The Morgan fingerprint density at radius 2 is 1.83 bits per heavy atom. The summed E-state index contributed by atoms with van der Waals surface area (Å²) in [7, 11) is 0. The first kappa shape index (κ1) is 13.4. The van der Waals surface area contributed by atoms with E-state index in [2.05, 4.69) is 19.1 Å². The van der Waals surface area contributed by atoms with Crippen LogP contribution in [-0.2, 0) is 0 Å². The van der Waals surface area contributed by atoms with Crippen molar-refractivity contribution in [3.63, 3.8) is 0 Å². The van der Waals surface area contributed by atoms with Crippen LogP contribution in [0.5, 0.6) is 5.75 Å². The first-order chi connectivity index (χ1) is 8.81. The highest BCUT2D eigenvalue weighted by Gasteiger charge is 2.21. The summed E-state index contributed by atoms with van der Waals surface area (Å²) in [5, 5.41) is 0. The van der Waals surface area contributed by atoms with Crippen LogP contribution in [-0.4, -0.2) is 6.61 Å². The molecule has 0 bridgehead atoms. The molecule has 1 aromatic carbocycles. The normalized spacial score (nSPS) is 18.6. The summed E-state index contributed by atoms with van der Waals surface area (Å²) in [5.41, 5.74) is 7.63. The molecular weight excluding hydrogens is 222 g/mol. The molecule has 0 saturated heterocycles. The highest BCUT2D eigenvalue weighted by molar-refractivity contribution is 5.29. The Bertz CT molecular complexity index is 341. The molecule has 2 rings (SSSR count). The lowest BCUT2D eigenvalue weighted by Crippen LogP contribution is -2.23. The first-order valence-electron chi connectivity index (χ1n) is 7.29. The highest BCUT2D eigenvalue weighted by atomic mass is 16.5. The van der Waals surface area contributed by atoms with E-state index in [1.165, 1.54) is 37.7 Å². The summed E-state index contributed by atoms with van der Waals surface area (Å²) in [6.07, 6.45) is 7.69. The van der Waals surface area contributed by atoms with Gasteiger partial charge in [0.25, 0.3) is 0 Å². The van der Waals surface area contributed by atoms with Crippen LogP contribution in [0.15, 0.2) is 24.3 Å². The molecule has 2 N–H and O–H groups in total. The van der Waals surface area contributed by atoms with Crippen molar-refractivity contribution in [2.75, 3.05) is 6.61 Å². The SMILES string of the molecule is CCCOc1ccc(C(N)C2CCCCC2)cc1. The Balaban J connectivity index is 1.95. The standard InChI is InChI=1S/C16H25NO/c1-2-12-18-15-10-8-14(9-11-15)16(17)13-6-4-3-5-7-13/h8-11,13,16H,2-7,12,17H2,1H3. The van der Waals surface area contributed by atoms with Gasteiger partial charge in [0.05, 0.1) is 6.61 Å². The van der Waals surface area contributed by atoms with Crippen molar-refractivity contribution in [1.29, 1.82) is 0 Å². The van der Waals surface area contributed by atoms with Crippen LogP contribution in [0.4, 0.5) is 0 Å². The predicted octanol–water partition coefficient (Wildman–Crippen LogP) is 4.06. The van der Waals surface area contributed by atoms with Crippen LogP contribution < -0.4 is 10.5 Å². The number of rotatable bonds is 5. The van der Waals surface area contributed by atoms with Gasteiger partial charge in [-0.2, -0.15) is 0 Å². The van der Waals surface area contributed by atoms with Gasteiger partial charge in [0.15, 0.2) is 0 Å². The van der Waals surface area contributed by atoms with Gasteiger partial charge < -0.3 is 10.5 Å². The molecule has 0 heterocycles. The minimum atomic E-state index is 0.200. The maximum absolute atomic E-state index is 6.38. The third-order valence-corrected chi connectivity index (χ3v) is 3.90. The van der Waals surface area contributed by atoms with Gasteiger partial charge >= 0.3 is 0 Å². The Hall–Kier alpha value is -1.02. The predicted molar refractivity (Wildman–Crippen MR) is 75.7 cm³/mol. The molecule has 0 aliphatic heterocycles. The van der Waals surface area contributed by atoms with E-state index in [1.807, 2.05) is 12.1 Å². The number of benzene rings is 1. The van der Waals surface area contributed by atoms with Gasteiger partial charge in [-0.15, -0.1) is 0 Å². The molecule has 1 saturated carbocycles. The average molecular weight is 247 g/mol. The topological polar surface area (TPSA) is 35.2 Å². The van der Waals surface area contributed by atoms with Crippen molar-refractivity contribution >= 4 is 0 Å². The summed E-state index contributed by atoms with van der Waals surface area (Å²) < 4.78 is 5.59. The largest absolute Gasteiger partial charge is 0.494 e. The summed E-state index contributed by atoms with van der Waals surface area (Å²) >= 11 is 0. The van der Waals surface area contributed by atoms with Gasteiger partial charge in [0.1, 0.15) is 5.75 Å². The van der Waals surface area contributed by atoms with Gasteiger partial charge in [-0.25, -0.2) is 0 Å². The molecule has 0 radical (unpaired) electrons. The van der Waals surface area contributed by atoms with Crippen LogP contribution in [0.3, 0.4) is 0 Å². The van der Waals surface area contributed by atoms with Crippen molar-refractivity contribution in [3.05, 3.63) is 29.8 Å². The zero-order valence-electron chi connectivity index (χ0n) is 11.4. The molecule has 1 aromatic rings. The van der Waals surface area contributed by atoms with Crippen LogP contribution in [0.1, 0.15) is 57.1 Å². The summed E-state index contributed by atoms with van der Waals surface area (Å²) in [6.45, 7) is 2.90. The quantitative estimate of drug-likeness (QED) is 0.851. The van der Waals surface area contributed by atoms with E-state index in [1.54, 1.807) is 0 Å². The molecule has 1 fully saturated rings. The maximum atomic E-state index is 6.38. The lowest BCUT2D eigenvalue weighted by atomic mass is 9.81. The summed E-state index contributed by atoms with van der Waals surface area (Å²) in [5.74, 6) is 1.62. The Morgan fingerprint density at radius 1 is 1.17 bits per heavy atom. The van der Waals surface area contributed by atoms with E-state index in [0.717, 1.165) is 18.8 Å². The van der Waals surface area contributed by atoms with Gasteiger partial charge in [0, 0.05) is 6.04 Å². The second-order valence-corrected chi connectivity index (χ2v) is 5.34. The molecule has 1 unspecified atom stereocenters. The maximum Gasteiger partial charge on any atom is 0.119 e. The van der Waals surface area contributed by atoms with Crippen LogP contribution in [0.25, 0.3) is 0 Å². The Morgan fingerprint density at radius 3 is 2.44 bits per heavy atom. The monoisotopic (exact) mass is 247 g/mol. The fraction of sp³-hybridized carbons (Fsp3) is 0.625. The smallest absolute Gasteiger partial charge is 0.119 e. The van der Waals surface area contributed by atoms with E-state index in [-0.39, 0.29) is 6.04 Å². The van der Waals surface area contributed by atoms with Crippen LogP contribution in [0, 0.1) is 5.92 Å². The number of hydrogen-bond acceptors (Lipinski definition) is 2. The molecule has 100 valence electrons. The van der Waals surface area contributed by atoms with Gasteiger partial charge in [0.2, 0.25) is 0 Å². The highest BCUT2D eigenvalue weighted by Crippen LogP contribution is 2.33. The molecule has 0 amide bonds. The molecule has 2 nitrogen and oxygen atoms in total. The zero-order chi connectivity index (χ0) is 12.8.